The summed E-state index contributed by atoms with van der Waals surface area (Å²) in [6.07, 6.45) is 12.2. The second kappa shape index (κ2) is 7.45. The lowest BCUT2D eigenvalue weighted by Gasteiger charge is -2.59. The van der Waals surface area contributed by atoms with Crippen molar-refractivity contribution in [1.29, 1.82) is 0 Å². The van der Waals surface area contributed by atoms with E-state index in [0.717, 1.165) is 17.8 Å². The van der Waals surface area contributed by atoms with Crippen molar-refractivity contribution in [3.63, 3.8) is 0 Å². The van der Waals surface area contributed by atoms with Gasteiger partial charge in [0, 0.05) is 0 Å². The molecule has 0 aromatic rings. The molecule has 1 saturated heterocycles. The highest BCUT2D eigenvalue weighted by Crippen LogP contribution is 2.70. The van der Waals surface area contributed by atoms with Crippen molar-refractivity contribution in [2.24, 2.45) is 22.4 Å². The standard InChI is InChI=1S/C26H55NSi5/c1-29(2,3)25(30(4,5)6)13-14-26(31(7,8)9,32(10,11)12)28(25)27-24-18-21-15-22(19-24)17-23(16-21)20-24/h21-23H,13-20H2,1-12H3. The Morgan fingerprint density at radius 1 is 0.531 bits per heavy atom. The van der Waals surface area contributed by atoms with Crippen LogP contribution in [0.25, 0.3) is 0 Å². The molecule has 6 heteroatoms. The molecule has 1 heterocycles. The smallest absolute Gasteiger partial charge is 0.124 e. The van der Waals surface area contributed by atoms with Crippen LogP contribution in [0.3, 0.4) is 0 Å². The largest absolute Gasteiger partial charge is 0.331 e. The fraction of sp³-hybridized carbons (Fsp3) is 1.00. The van der Waals surface area contributed by atoms with E-state index < -0.39 is 40.9 Å². The second-order valence-electron chi connectivity index (χ2n) is 16.9. The molecule has 5 aliphatic rings. The summed E-state index contributed by atoms with van der Waals surface area (Å²) < 4.78 is 7.90. The molecule has 5 fully saturated rings. The summed E-state index contributed by atoms with van der Waals surface area (Å²) in [4.78, 5) is 0. The maximum absolute atomic E-state index is 6.58. The molecule has 0 amide bonds. The van der Waals surface area contributed by atoms with Crippen LogP contribution in [0.2, 0.25) is 87.1 Å². The van der Waals surface area contributed by atoms with Crippen LogP contribution in [0.15, 0.2) is 4.63 Å². The van der Waals surface area contributed by atoms with E-state index in [4.69, 9.17) is 4.63 Å². The molecule has 0 unspecified atom stereocenters. The van der Waals surface area contributed by atoms with E-state index in [0.29, 0.717) is 14.1 Å². The highest BCUT2D eigenvalue weighted by Gasteiger charge is 2.71. The zero-order valence-corrected chi connectivity index (χ0v) is 28.8. The molecule has 4 aliphatic carbocycles. The minimum Gasteiger partial charge on any atom is -0.331 e. The molecule has 32 heavy (non-hydrogen) atoms. The first-order chi connectivity index (χ1) is 14.3. The molecule has 0 N–H and O–H groups in total. The summed E-state index contributed by atoms with van der Waals surface area (Å²) in [6, 6.07) is 0. The Bertz CT molecular complexity index is 682. The lowest BCUT2D eigenvalue weighted by Crippen LogP contribution is -2.66. The van der Waals surface area contributed by atoms with Crippen LogP contribution in [0, 0.1) is 17.8 Å². The predicted molar refractivity (Wildman–Crippen MR) is 157 cm³/mol. The fourth-order valence-corrected chi connectivity index (χ4v) is 51.0. The molecular formula is C26H55NSi5. The summed E-state index contributed by atoms with van der Waals surface area (Å²) in [5, 5.41) is 0. The molecule has 4 saturated carbocycles. The van der Waals surface area contributed by atoms with Gasteiger partial charge in [-0.25, -0.2) is 0 Å². The number of nitrogens with zero attached hydrogens (tertiary/aromatic N) is 1. The van der Waals surface area contributed by atoms with Gasteiger partial charge >= 0.3 is 0 Å². The summed E-state index contributed by atoms with van der Waals surface area (Å²) in [7, 11) is -6.41. The van der Waals surface area contributed by atoms with Crippen molar-refractivity contribution in [3.05, 3.63) is 0 Å². The fourth-order valence-electron chi connectivity index (χ4n) is 10.8. The van der Waals surface area contributed by atoms with Crippen molar-refractivity contribution in [2.45, 2.75) is 144 Å². The zero-order valence-electron chi connectivity index (χ0n) is 23.8. The molecule has 0 radical (unpaired) electrons. The van der Waals surface area contributed by atoms with Crippen molar-refractivity contribution in [1.82, 2.24) is 0 Å². The first-order valence-corrected chi connectivity index (χ1v) is 29.3. The summed E-state index contributed by atoms with van der Waals surface area (Å²) >= 11 is 0. The van der Waals surface area contributed by atoms with Crippen LogP contribution < -0.4 is 0 Å². The lowest BCUT2D eigenvalue weighted by atomic mass is 9.53. The Hall–Kier alpha value is 0.884. The molecule has 0 aromatic heterocycles. The third-order valence-electron chi connectivity index (χ3n) is 11.2. The minimum atomic E-state index is -1.40. The number of hydrogen-bond acceptors (Lipinski definition) is 1. The molecular weight excluding hydrogens is 467 g/mol. The van der Waals surface area contributed by atoms with E-state index in [1.165, 1.54) is 19.3 Å². The quantitative estimate of drug-likeness (QED) is 0.320. The van der Waals surface area contributed by atoms with Crippen LogP contribution in [-0.2, 0) is 0 Å². The molecule has 0 spiro atoms. The summed E-state index contributed by atoms with van der Waals surface area (Å²) in [5.41, 5.74) is 0.405. The first-order valence-electron chi connectivity index (χ1n) is 13.9. The minimum absolute atomic E-state index is 0.405. The Kier molecular flexibility index (Phi) is 6.05. The monoisotopic (exact) mass is 521 g/mol. The van der Waals surface area contributed by atoms with Gasteiger partial charge < -0.3 is 4.63 Å². The molecule has 1 aliphatic heterocycles. The normalized spacial score (nSPS) is 36.6. The van der Waals surface area contributed by atoms with E-state index in [1.807, 2.05) is 0 Å². The Balaban J connectivity index is 2.02. The molecule has 4 bridgehead atoms. The van der Waals surface area contributed by atoms with E-state index >= 15 is 0 Å². The molecule has 0 aromatic carbocycles. The highest BCUT2D eigenvalue weighted by atomic mass is 28.5. The van der Waals surface area contributed by atoms with Gasteiger partial charge in [0.25, 0.3) is 0 Å². The molecule has 5 rings (SSSR count). The van der Waals surface area contributed by atoms with Crippen LogP contribution in [-0.4, -0.2) is 46.4 Å². The summed E-state index contributed by atoms with van der Waals surface area (Å²) in [5.74, 6) is 3.07. The molecule has 184 valence electrons. The van der Waals surface area contributed by atoms with E-state index in [9.17, 15) is 0 Å². The topological polar surface area (TPSA) is 12.4 Å². The van der Waals surface area contributed by atoms with E-state index in [1.54, 1.807) is 32.1 Å². The Morgan fingerprint density at radius 2 is 0.812 bits per heavy atom. The van der Waals surface area contributed by atoms with Crippen LogP contribution in [0.5, 0.6) is 0 Å². The van der Waals surface area contributed by atoms with Gasteiger partial charge in [0.15, 0.2) is 0 Å². The van der Waals surface area contributed by atoms with Crippen molar-refractivity contribution < 1.29 is 0 Å². The third kappa shape index (κ3) is 3.57. The number of hydrogen-bond donors (Lipinski definition) is 0. The summed E-state index contributed by atoms with van der Waals surface area (Å²) in [6.45, 7) is 33.3. The molecule has 0 atom stereocenters. The van der Waals surface area contributed by atoms with Gasteiger partial charge in [0.2, 0.25) is 0 Å². The average molecular weight is 522 g/mol. The van der Waals surface area contributed by atoms with Gasteiger partial charge in [0.05, 0.1) is 37.8 Å². The van der Waals surface area contributed by atoms with Gasteiger partial charge in [-0.05, 0) is 64.8 Å². The maximum atomic E-state index is 6.58. The molecule has 1 nitrogen and oxygen atoms in total. The van der Waals surface area contributed by atoms with E-state index in [2.05, 4.69) is 78.6 Å². The lowest BCUT2D eigenvalue weighted by molar-refractivity contribution is 0.00199. The zero-order chi connectivity index (χ0) is 24.2. The number of rotatable bonds is 5. The van der Waals surface area contributed by atoms with Crippen molar-refractivity contribution in [2.75, 3.05) is 0 Å². The van der Waals surface area contributed by atoms with Gasteiger partial charge in [-0.15, -0.1) is 0 Å². The predicted octanol–water partition coefficient (Wildman–Crippen LogP) is 9.00. The Labute approximate surface area is 206 Å². The van der Waals surface area contributed by atoms with Crippen molar-refractivity contribution in [3.8, 4) is 0 Å². The SMILES string of the molecule is C[Si](C)(C)C1([Si](C)(C)C)CCC([Si](C)(C)C)([Si](C)(C)C)[Si]1=NC12CC3CC(CC(C3)C1)C2. The van der Waals surface area contributed by atoms with Crippen LogP contribution >= 0.6 is 0 Å². The van der Waals surface area contributed by atoms with Crippen LogP contribution in [0.1, 0.15) is 51.4 Å². The van der Waals surface area contributed by atoms with Gasteiger partial charge in [-0.2, -0.15) is 0 Å². The van der Waals surface area contributed by atoms with Crippen molar-refractivity contribution >= 4 is 40.9 Å². The average Bonchev–Trinajstić information content (AvgIpc) is 2.88. The second-order valence-corrected chi connectivity index (χ2v) is 44.0. The maximum Gasteiger partial charge on any atom is 0.124 e. The highest BCUT2D eigenvalue weighted by molar-refractivity contribution is 7.18. The third-order valence-corrected chi connectivity index (χ3v) is 46.1. The van der Waals surface area contributed by atoms with Gasteiger partial charge in [-0.1, -0.05) is 91.4 Å². The van der Waals surface area contributed by atoms with Gasteiger partial charge in [0.1, 0.15) is 8.59 Å². The first kappa shape index (κ1) is 26.0. The van der Waals surface area contributed by atoms with E-state index in [-0.39, 0.29) is 0 Å². The van der Waals surface area contributed by atoms with Crippen LogP contribution in [0.4, 0.5) is 0 Å². The Morgan fingerprint density at radius 3 is 1.06 bits per heavy atom. The van der Waals surface area contributed by atoms with Gasteiger partial charge in [-0.3, -0.25) is 0 Å².